The number of hydrogen-bond acceptors (Lipinski definition) is 2. The van der Waals surface area contributed by atoms with E-state index in [1.54, 1.807) is 0 Å². The van der Waals surface area contributed by atoms with E-state index in [4.69, 9.17) is 10.7 Å². The number of rotatable bonds is 2. The van der Waals surface area contributed by atoms with Crippen molar-refractivity contribution in [2.75, 3.05) is 0 Å². The number of aldehydes is 1. The monoisotopic (exact) mass is 122 g/mol. The predicted molar refractivity (Wildman–Crippen MR) is 28.6 cm³/mol. The molecule has 34 valence electrons. The van der Waals surface area contributed by atoms with Gasteiger partial charge in [-0.05, 0) is 33.1 Å². The normalized spacial score (nSPS) is 9.50. The van der Waals surface area contributed by atoms with Crippen LogP contribution in [-0.4, -0.2) is 6.29 Å². The molecule has 0 fully saturated rings. The van der Waals surface area contributed by atoms with Crippen molar-refractivity contribution in [1.82, 2.24) is 0 Å². The largest absolute Gasteiger partial charge is 0.299 e. The second-order valence-electron chi connectivity index (χ2n) is 0.554. The highest BCUT2D eigenvalue weighted by Gasteiger charge is 1.61. The fraction of sp³-hybridized carbons (Fsp3) is 0. The quantitative estimate of drug-likeness (QED) is 0.409. The van der Waals surface area contributed by atoms with Crippen LogP contribution in [0.25, 0.3) is 0 Å². The molecule has 0 saturated carbocycles. The molecule has 0 spiro atoms. The third-order valence-corrected chi connectivity index (χ3v) is 0.777. The van der Waals surface area contributed by atoms with Gasteiger partial charge in [-0.25, -0.2) is 0 Å². The van der Waals surface area contributed by atoms with Crippen LogP contribution in [0.2, 0.25) is 0 Å². The van der Waals surface area contributed by atoms with E-state index in [9.17, 15) is 4.79 Å². The molecule has 0 unspecified atom stereocenters. The molecule has 0 saturated heterocycles. The Hall–Kier alpha value is 0.0500. The molecular weight excluding hydrogens is 120 g/mol. The first-order valence-electron chi connectivity index (χ1n) is 1.29. The Morgan fingerprint density at radius 1 is 1.67 bits per heavy atom. The third kappa shape index (κ3) is 4.05. The van der Waals surface area contributed by atoms with E-state index in [-0.39, 0.29) is 0 Å². The number of carbonyl (C=O) groups excluding carboxylic acids is 1. The van der Waals surface area contributed by atoms with Gasteiger partial charge < -0.3 is 0 Å². The lowest BCUT2D eigenvalue weighted by Gasteiger charge is -1.62. The van der Waals surface area contributed by atoms with Crippen molar-refractivity contribution >= 4 is 27.9 Å². The Labute approximate surface area is 44.9 Å². The van der Waals surface area contributed by atoms with Gasteiger partial charge in [-0.1, -0.05) is 0 Å². The minimum atomic E-state index is 0.676. The number of carbonyl (C=O) groups is 1. The predicted octanol–water partition coefficient (Wildman–Crippen LogP) is 1.59. The molecule has 3 heteroatoms. The number of halogens is 1. The highest BCUT2D eigenvalue weighted by atomic mass is 35.7. The van der Waals surface area contributed by atoms with E-state index in [1.165, 1.54) is 11.5 Å². The second kappa shape index (κ2) is 5.05. The van der Waals surface area contributed by atoms with Gasteiger partial charge in [0, 0.05) is 0 Å². The molecule has 6 heavy (non-hydrogen) atoms. The summed E-state index contributed by atoms with van der Waals surface area (Å²) in [5.41, 5.74) is 0. The molecule has 0 aromatic rings. The molecule has 0 aliphatic rings. The summed E-state index contributed by atoms with van der Waals surface area (Å²) in [4.78, 5) is 9.40. The van der Waals surface area contributed by atoms with Crippen molar-refractivity contribution < 1.29 is 4.79 Å². The summed E-state index contributed by atoms with van der Waals surface area (Å²) in [6.07, 6.45) is 2.01. The molecule has 0 atom stereocenters. The SMILES string of the molecule is O=C/C=C\SCl. The lowest BCUT2D eigenvalue weighted by Crippen LogP contribution is -1.50. The van der Waals surface area contributed by atoms with Gasteiger partial charge in [0.15, 0.2) is 0 Å². The topological polar surface area (TPSA) is 17.1 Å². The summed E-state index contributed by atoms with van der Waals surface area (Å²) in [5.74, 6) is 0. The lowest BCUT2D eigenvalue weighted by molar-refractivity contribution is -0.104. The van der Waals surface area contributed by atoms with E-state index in [0.29, 0.717) is 6.29 Å². The molecule has 0 rings (SSSR count). The maximum atomic E-state index is 9.40. The van der Waals surface area contributed by atoms with Crippen LogP contribution in [0.3, 0.4) is 0 Å². The summed E-state index contributed by atoms with van der Waals surface area (Å²) in [7, 11) is 6.04. The van der Waals surface area contributed by atoms with Gasteiger partial charge in [-0.3, -0.25) is 4.79 Å². The minimum absolute atomic E-state index is 0.676. The van der Waals surface area contributed by atoms with Gasteiger partial charge in [-0.15, -0.1) is 0 Å². The van der Waals surface area contributed by atoms with Crippen LogP contribution < -0.4 is 0 Å². The molecule has 0 bridgehead atoms. The standard InChI is InChI=1S/C3H3ClOS/c4-6-3-1-2-5/h1-3H/b3-1-. The van der Waals surface area contributed by atoms with Crippen molar-refractivity contribution in [3.05, 3.63) is 11.5 Å². The average molecular weight is 123 g/mol. The van der Waals surface area contributed by atoms with Crippen LogP contribution in [0.15, 0.2) is 11.5 Å². The average Bonchev–Trinajstić information content (AvgIpc) is 1.61. The minimum Gasteiger partial charge on any atom is -0.299 e. The molecule has 0 N–H and O–H groups in total. The summed E-state index contributed by atoms with van der Waals surface area (Å²) in [6.45, 7) is 0. The van der Waals surface area contributed by atoms with Crippen molar-refractivity contribution in [2.24, 2.45) is 0 Å². The lowest BCUT2D eigenvalue weighted by atomic mass is 10.7. The van der Waals surface area contributed by atoms with Crippen LogP contribution in [0.5, 0.6) is 0 Å². The molecule has 1 nitrogen and oxygen atoms in total. The smallest absolute Gasteiger partial charge is 0.143 e. The fourth-order valence-electron chi connectivity index (χ4n) is 0.0618. The van der Waals surface area contributed by atoms with Crippen LogP contribution in [0.4, 0.5) is 0 Å². The third-order valence-electron chi connectivity index (χ3n) is 0.209. The van der Waals surface area contributed by atoms with Gasteiger partial charge >= 0.3 is 0 Å². The van der Waals surface area contributed by atoms with E-state index >= 15 is 0 Å². The Morgan fingerprint density at radius 2 is 2.33 bits per heavy atom. The first kappa shape index (κ1) is 6.05. The fourth-order valence-corrected chi connectivity index (χ4v) is 0.363. The van der Waals surface area contributed by atoms with Crippen LogP contribution >= 0.6 is 21.7 Å². The van der Waals surface area contributed by atoms with E-state index in [2.05, 4.69) is 0 Å². The molecule has 0 radical (unpaired) electrons. The molecular formula is C3H3ClOS. The van der Waals surface area contributed by atoms with Crippen molar-refractivity contribution in [1.29, 1.82) is 0 Å². The molecule has 0 heterocycles. The van der Waals surface area contributed by atoms with Crippen LogP contribution in [0.1, 0.15) is 0 Å². The molecule has 0 amide bonds. The maximum Gasteiger partial charge on any atom is 0.143 e. The zero-order valence-corrected chi connectivity index (χ0v) is 4.50. The maximum absolute atomic E-state index is 9.40. The Morgan fingerprint density at radius 3 is 2.50 bits per heavy atom. The summed E-state index contributed by atoms with van der Waals surface area (Å²) in [5, 5.41) is 1.49. The molecule has 0 aliphatic carbocycles. The first-order chi connectivity index (χ1) is 2.91. The molecule has 0 aromatic carbocycles. The van der Waals surface area contributed by atoms with Crippen LogP contribution in [-0.2, 0) is 4.79 Å². The Kier molecular flexibility index (Phi) is 5.09. The Balaban J connectivity index is 2.94. The van der Waals surface area contributed by atoms with Gasteiger partial charge in [0.05, 0.1) is 0 Å². The number of hydrogen-bond donors (Lipinski definition) is 0. The van der Waals surface area contributed by atoms with Crippen molar-refractivity contribution in [2.45, 2.75) is 0 Å². The molecule has 0 aromatic heterocycles. The van der Waals surface area contributed by atoms with Gasteiger partial charge in [0.25, 0.3) is 0 Å². The highest BCUT2D eigenvalue weighted by Crippen LogP contribution is 2.04. The van der Waals surface area contributed by atoms with Crippen molar-refractivity contribution in [3.8, 4) is 0 Å². The Bertz CT molecular complexity index is 61.8. The van der Waals surface area contributed by atoms with Gasteiger partial charge in [-0.2, -0.15) is 0 Å². The van der Waals surface area contributed by atoms with Gasteiger partial charge in [0.1, 0.15) is 6.29 Å². The highest BCUT2D eigenvalue weighted by molar-refractivity contribution is 8.23. The van der Waals surface area contributed by atoms with E-state index in [1.807, 2.05) is 0 Å². The summed E-state index contributed by atoms with van der Waals surface area (Å²) in [6, 6.07) is 0. The first-order valence-corrected chi connectivity index (χ1v) is 3.00. The van der Waals surface area contributed by atoms with Crippen molar-refractivity contribution in [3.63, 3.8) is 0 Å². The summed E-state index contributed by atoms with van der Waals surface area (Å²) >= 11 is 0. The van der Waals surface area contributed by atoms with E-state index < -0.39 is 0 Å². The number of allylic oxidation sites excluding steroid dienone is 1. The van der Waals surface area contributed by atoms with Gasteiger partial charge in [0.2, 0.25) is 0 Å². The van der Waals surface area contributed by atoms with E-state index in [0.717, 1.165) is 11.0 Å². The zero-order valence-electron chi connectivity index (χ0n) is 2.93. The zero-order chi connectivity index (χ0) is 4.83. The second-order valence-corrected chi connectivity index (χ2v) is 1.54. The van der Waals surface area contributed by atoms with Crippen LogP contribution in [0, 0.1) is 0 Å². The summed E-state index contributed by atoms with van der Waals surface area (Å²) < 4.78 is 0. The molecule has 0 aliphatic heterocycles.